The lowest BCUT2D eigenvalue weighted by Gasteiger charge is -2.08. The van der Waals surface area contributed by atoms with Gasteiger partial charge in [-0.2, -0.15) is 0 Å². The number of rotatable bonds is 4. The van der Waals surface area contributed by atoms with Crippen molar-refractivity contribution < 1.29 is 0 Å². The lowest BCUT2D eigenvalue weighted by Crippen LogP contribution is -2.35. The molecule has 17 heavy (non-hydrogen) atoms. The molecule has 0 atom stereocenters. The Morgan fingerprint density at radius 1 is 1.59 bits per heavy atom. The average molecular weight is 266 g/mol. The van der Waals surface area contributed by atoms with Crippen molar-refractivity contribution in [1.29, 1.82) is 0 Å². The van der Waals surface area contributed by atoms with Crippen LogP contribution < -0.4 is 10.6 Å². The maximum atomic E-state index is 5.14. The van der Waals surface area contributed by atoms with Gasteiger partial charge in [-0.15, -0.1) is 11.3 Å². The molecule has 0 unspecified atom stereocenters. The molecule has 0 aromatic carbocycles. The van der Waals surface area contributed by atoms with Gasteiger partial charge in [-0.3, -0.25) is 4.40 Å². The van der Waals surface area contributed by atoms with E-state index in [2.05, 4.69) is 22.2 Å². The quantitative estimate of drug-likeness (QED) is 0.655. The Labute approximate surface area is 109 Å². The fraction of sp³-hybridized carbons (Fsp3) is 0.273. The molecule has 90 valence electrons. The van der Waals surface area contributed by atoms with E-state index in [0.29, 0.717) is 18.2 Å². The van der Waals surface area contributed by atoms with Gasteiger partial charge in [0.15, 0.2) is 10.1 Å². The van der Waals surface area contributed by atoms with Crippen molar-refractivity contribution in [2.45, 2.75) is 13.5 Å². The fourth-order valence-electron chi connectivity index (χ4n) is 1.33. The van der Waals surface area contributed by atoms with Gasteiger partial charge in [0, 0.05) is 24.3 Å². The van der Waals surface area contributed by atoms with Crippen LogP contribution in [0.2, 0.25) is 0 Å². The van der Waals surface area contributed by atoms with E-state index in [0.717, 1.165) is 16.2 Å². The zero-order chi connectivity index (χ0) is 12.3. The van der Waals surface area contributed by atoms with Crippen molar-refractivity contribution in [3.8, 4) is 0 Å². The van der Waals surface area contributed by atoms with Crippen LogP contribution in [-0.2, 0) is 6.54 Å². The fourth-order valence-corrected chi connectivity index (χ4v) is 2.19. The molecule has 0 saturated heterocycles. The number of thiocarbonyl (C=S) groups is 1. The number of aromatic nitrogens is 2. The summed E-state index contributed by atoms with van der Waals surface area (Å²) in [6, 6.07) is 0. The minimum Gasteiger partial charge on any atom is -0.359 e. The molecule has 4 nitrogen and oxygen atoms in total. The summed E-state index contributed by atoms with van der Waals surface area (Å²) in [6.45, 7) is 7.09. The number of hydrogen-bond donors (Lipinski definition) is 2. The molecular formula is C11H14N4S2. The number of fused-ring (bicyclic) bond motifs is 1. The molecule has 0 aliphatic heterocycles. The molecule has 2 aromatic rings. The van der Waals surface area contributed by atoms with Crippen molar-refractivity contribution >= 4 is 33.6 Å². The van der Waals surface area contributed by atoms with Gasteiger partial charge in [-0.25, -0.2) is 4.98 Å². The number of hydrogen-bond acceptors (Lipinski definition) is 3. The third-order valence-corrected chi connectivity index (χ3v) is 3.18. The normalized spacial score (nSPS) is 10.4. The highest BCUT2D eigenvalue weighted by Gasteiger charge is 2.02. The zero-order valence-corrected chi connectivity index (χ0v) is 11.2. The Balaban J connectivity index is 1.83. The van der Waals surface area contributed by atoms with E-state index in [1.807, 2.05) is 29.1 Å². The maximum absolute atomic E-state index is 5.14. The van der Waals surface area contributed by atoms with Gasteiger partial charge in [0.25, 0.3) is 0 Å². The molecule has 0 spiro atoms. The third-order valence-electron chi connectivity index (χ3n) is 2.12. The number of thiazole rings is 1. The molecule has 0 saturated carbocycles. The van der Waals surface area contributed by atoms with Crippen molar-refractivity contribution in [3.05, 3.63) is 35.6 Å². The van der Waals surface area contributed by atoms with E-state index >= 15 is 0 Å². The highest BCUT2D eigenvalue weighted by Crippen LogP contribution is 2.10. The zero-order valence-electron chi connectivity index (χ0n) is 9.56. The summed E-state index contributed by atoms with van der Waals surface area (Å²) in [5, 5.41) is 8.82. The van der Waals surface area contributed by atoms with Crippen molar-refractivity contribution in [3.63, 3.8) is 0 Å². The topological polar surface area (TPSA) is 41.4 Å². The van der Waals surface area contributed by atoms with Crippen LogP contribution in [-0.4, -0.2) is 21.0 Å². The first-order valence-corrected chi connectivity index (χ1v) is 6.51. The maximum Gasteiger partial charge on any atom is 0.193 e. The van der Waals surface area contributed by atoms with E-state index in [1.165, 1.54) is 0 Å². The van der Waals surface area contributed by atoms with Gasteiger partial charge in [-0.1, -0.05) is 12.2 Å². The first-order chi connectivity index (χ1) is 8.15. The van der Waals surface area contributed by atoms with E-state index in [1.54, 1.807) is 11.3 Å². The number of nitrogens with one attached hydrogen (secondary N) is 2. The third kappa shape index (κ3) is 3.28. The van der Waals surface area contributed by atoms with Crippen LogP contribution in [0, 0.1) is 0 Å². The molecule has 0 bridgehead atoms. The minimum atomic E-state index is 0.629. The highest BCUT2D eigenvalue weighted by molar-refractivity contribution is 7.80. The molecule has 0 aliphatic rings. The van der Waals surface area contributed by atoms with Crippen molar-refractivity contribution in [2.75, 3.05) is 6.54 Å². The van der Waals surface area contributed by atoms with Crippen LogP contribution in [0.5, 0.6) is 0 Å². The lowest BCUT2D eigenvalue weighted by atomic mass is 10.3. The monoisotopic (exact) mass is 266 g/mol. The van der Waals surface area contributed by atoms with Crippen molar-refractivity contribution in [2.24, 2.45) is 0 Å². The van der Waals surface area contributed by atoms with Gasteiger partial charge in [-0.05, 0) is 19.1 Å². The summed E-state index contributed by atoms with van der Waals surface area (Å²) in [5.74, 6) is 0. The molecule has 2 N–H and O–H groups in total. The van der Waals surface area contributed by atoms with Crippen LogP contribution in [0.1, 0.15) is 12.6 Å². The van der Waals surface area contributed by atoms with Gasteiger partial charge in [0.1, 0.15) is 0 Å². The second kappa shape index (κ2) is 5.29. The van der Waals surface area contributed by atoms with Crippen LogP contribution in [0.25, 0.3) is 4.96 Å². The van der Waals surface area contributed by atoms with E-state index in [9.17, 15) is 0 Å². The molecule has 6 heteroatoms. The summed E-state index contributed by atoms with van der Waals surface area (Å²) in [5.41, 5.74) is 2.04. The highest BCUT2D eigenvalue weighted by atomic mass is 32.1. The molecule has 2 aromatic heterocycles. The SMILES string of the molecule is C=C(C)CNC(=S)NCc1cn2ccsc2n1. The first-order valence-electron chi connectivity index (χ1n) is 5.22. The molecular weight excluding hydrogens is 252 g/mol. The Kier molecular flexibility index (Phi) is 3.75. The smallest absolute Gasteiger partial charge is 0.193 e. The van der Waals surface area contributed by atoms with Crippen LogP contribution in [0.3, 0.4) is 0 Å². The van der Waals surface area contributed by atoms with Crippen molar-refractivity contribution in [1.82, 2.24) is 20.0 Å². The second-order valence-electron chi connectivity index (χ2n) is 3.82. The summed E-state index contributed by atoms with van der Waals surface area (Å²) in [7, 11) is 0. The molecule has 0 aliphatic carbocycles. The number of nitrogens with zero attached hydrogens (tertiary/aromatic N) is 2. The van der Waals surface area contributed by atoms with Crippen LogP contribution in [0.15, 0.2) is 29.9 Å². The molecule has 0 fully saturated rings. The Hall–Kier alpha value is -1.40. The van der Waals surface area contributed by atoms with Gasteiger partial charge >= 0.3 is 0 Å². The van der Waals surface area contributed by atoms with E-state index in [-0.39, 0.29) is 0 Å². The molecule has 2 heterocycles. The van der Waals surface area contributed by atoms with Gasteiger partial charge in [0.05, 0.1) is 12.2 Å². The standard InChI is InChI=1S/C11H14N4S2/c1-8(2)5-12-10(16)13-6-9-7-15-3-4-17-11(15)14-9/h3-4,7H,1,5-6H2,2H3,(H2,12,13,16). The van der Waals surface area contributed by atoms with E-state index < -0.39 is 0 Å². The molecule has 0 radical (unpaired) electrons. The Morgan fingerprint density at radius 3 is 3.12 bits per heavy atom. The van der Waals surface area contributed by atoms with Crippen LogP contribution in [0.4, 0.5) is 0 Å². The molecule has 0 amide bonds. The molecule has 2 rings (SSSR count). The average Bonchev–Trinajstić information content (AvgIpc) is 2.83. The summed E-state index contributed by atoms with van der Waals surface area (Å²) < 4.78 is 2.01. The lowest BCUT2D eigenvalue weighted by molar-refractivity contribution is 0.844. The van der Waals surface area contributed by atoms with E-state index in [4.69, 9.17) is 12.2 Å². The Bertz CT molecular complexity index is 512. The summed E-state index contributed by atoms with van der Waals surface area (Å²) >= 11 is 6.76. The predicted octanol–water partition coefficient (Wildman–Crippen LogP) is 1.94. The summed E-state index contributed by atoms with van der Waals surface area (Å²) in [4.78, 5) is 5.46. The summed E-state index contributed by atoms with van der Waals surface area (Å²) in [6.07, 6.45) is 3.99. The predicted molar refractivity (Wildman–Crippen MR) is 75.3 cm³/mol. The van der Waals surface area contributed by atoms with Gasteiger partial charge < -0.3 is 10.6 Å². The number of imidazole rings is 1. The first kappa shape index (κ1) is 12.1. The van der Waals surface area contributed by atoms with Crippen LogP contribution >= 0.6 is 23.6 Å². The minimum absolute atomic E-state index is 0.629. The second-order valence-corrected chi connectivity index (χ2v) is 5.10. The largest absolute Gasteiger partial charge is 0.359 e. The van der Waals surface area contributed by atoms with Gasteiger partial charge in [0.2, 0.25) is 0 Å². The Morgan fingerprint density at radius 2 is 2.41 bits per heavy atom.